The van der Waals surface area contributed by atoms with Crippen LogP contribution in [0.2, 0.25) is 0 Å². The van der Waals surface area contributed by atoms with Gasteiger partial charge in [0.2, 0.25) is 5.91 Å². The molecule has 11 nitrogen and oxygen atoms in total. The zero-order valence-corrected chi connectivity index (χ0v) is 25.6. The molecule has 3 aliphatic heterocycles. The Labute approximate surface area is 268 Å². The maximum atomic E-state index is 13.0. The Bertz CT molecular complexity index is 1480. The van der Waals surface area contributed by atoms with Gasteiger partial charge in [0.25, 0.3) is 5.91 Å². The minimum Gasteiger partial charge on any atom is -0.445 e. The lowest BCUT2D eigenvalue weighted by atomic mass is 9.99. The minimum absolute atomic E-state index is 0.0172. The number of rotatable bonds is 10. The van der Waals surface area contributed by atoms with Gasteiger partial charge in [0.1, 0.15) is 12.6 Å². The quantitative estimate of drug-likeness (QED) is 0.324. The summed E-state index contributed by atoms with van der Waals surface area (Å²) in [6.45, 7) is 4.02. The van der Waals surface area contributed by atoms with Gasteiger partial charge in [0.15, 0.2) is 6.29 Å². The van der Waals surface area contributed by atoms with E-state index in [1.807, 2.05) is 78.9 Å². The Morgan fingerprint density at radius 1 is 0.870 bits per heavy atom. The van der Waals surface area contributed by atoms with E-state index in [0.29, 0.717) is 19.6 Å². The molecule has 4 unspecified atom stereocenters. The molecule has 3 aromatic rings. The number of amides is 3. The van der Waals surface area contributed by atoms with Crippen LogP contribution in [0.25, 0.3) is 0 Å². The normalized spacial score (nSPS) is 23.8. The lowest BCUT2D eigenvalue weighted by Gasteiger charge is -2.39. The van der Waals surface area contributed by atoms with Crippen LogP contribution in [0.15, 0.2) is 78.9 Å². The van der Waals surface area contributed by atoms with Gasteiger partial charge in [-0.15, -0.1) is 0 Å². The molecule has 242 valence electrons. The third kappa shape index (κ3) is 7.98. The molecule has 3 saturated heterocycles. The molecule has 4 atom stereocenters. The molecule has 6 rings (SSSR count). The number of carbonyl (C=O) groups is 3. The van der Waals surface area contributed by atoms with Crippen LogP contribution in [0, 0.1) is 0 Å². The summed E-state index contributed by atoms with van der Waals surface area (Å²) in [6.07, 6.45) is -1.04. The van der Waals surface area contributed by atoms with E-state index in [0.717, 1.165) is 52.4 Å². The summed E-state index contributed by atoms with van der Waals surface area (Å²) in [7, 11) is 0. The third-order valence-corrected chi connectivity index (χ3v) is 8.52. The number of benzene rings is 3. The maximum absolute atomic E-state index is 13.0. The first kappa shape index (κ1) is 31.8. The highest BCUT2D eigenvalue weighted by Crippen LogP contribution is 2.38. The van der Waals surface area contributed by atoms with Crippen molar-refractivity contribution in [2.24, 2.45) is 0 Å². The molecule has 11 heteroatoms. The molecule has 3 aromatic carbocycles. The molecule has 0 aromatic heterocycles. The zero-order chi connectivity index (χ0) is 31.9. The molecule has 0 bridgehead atoms. The SMILES string of the molecule is O=C(NC1CC(=O)N(Cc2ccc(C3OC(CN4CCOCC4)CC(c4ccc(CO)cc4)O3)cc2)C1=O)OCc1ccccc1. The van der Waals surface area contributed by atoms with Crippen LogP contribution in [0.4, 0.5) is 4.79 Å². The Morgan fingerprint density at radius 2 is 1.57 bits per heavy atom. The smallest absolute Gasteiger partial charge is 0.408 e. The fraction of sp³-hybridized carbons (Fsp3) is 0.400. The lowest BCUT2D eigenvalue weighted by molar-refractivity contribution is -0.253. The van der Waals surface area contributed by atoms with Gasteiger partial charge in [-0.1, -0.05) is 78.9 Å². The zero-order valence-electron chi connectivity index (χ0n) is 25.6. The second kappa shape index (κ2) is 15.0. The van der Waals surface area contributed by atoms with Crippen molar-refractivity contribution in [1.29, 1.82) is 0 Å². The van der Waals surface area contributed by atoms with Crippen LogP contribution in [0.1, 0.15) is 53.1 Å². The van der Waals surface area contributed by atoms with E-state index in [1.165, 1.54) is 0 Å². The summed E-state index contributed by atoms with van der Waals surface area (Å²) in [5, 5.41) is 12.0. The van der Waals surface area contributed by atoms with E-state index >= 15 is 0 Å². The Balaban J connectivity index is 1.08. The largest absolute Gasteiger partial charge is 0.445 e. The van der Waals surface area contributed by atoms with Crippen molar-refractivity contribution >= 4 is 17.9 Å². The second-order valence-corrected chi connectivity index (χ2v) is 11.8. The molecule has 0 radical (unpaired) electrons. The van der Waals surface area contributed by atoms with Gasteiger partial charge in [0, 0.05) is 31.6 Å². The first-order chi connectivity index (χ1) is 22.4. The number of nitrogens with one attached hydrogen (secondary N) is 1. The van der Waals surface area contributed by atoms with Crippen molar-refractivity contribution in [2.45, 2.75) is 57.1 Å². The maximum Gasteiger partial charge on any atom is 0.408 e. The fourth-order valence-corrected chi connectivity index (χ4v) is 5.94. The topological polar surface area (TPSA) is 127 Å². The van der Waals surface area contributed by atoms with E-state index in [9.17, 15) is 19.5 Å². The minimum atomic E-state index is -0.967. The molecule has 0 saturated carbocycles. The van der Waals surface area contributed by atoms with Gasteiger partial charge in [0.05, 0.1) is 45.0 Å². The molecule has 0 spiro atoms. The number of aliphatic hydroxyl groups excluding tert-OH is 1. The number of alkyl carbamates (subject to hydrolysis) is 1. The Morgan fingerprint density at radius 3 is 2.28 bits per heavy atom. The standard InChI is InChI=1S/C35H39N3O8/c39-22-25-8-10-27(11-9-25)31-18-29(21-37-14-16-43-17-15-37)45-34(46-31)28-12-6-24(7-13-28)20-38-32(40)19-30(33(38)41)36-35(42)44-23-26-4-2-1-3-5-26/h1-13,29-31,34,39H,14-23H2,(H,36,42). The summed E-state index contributed by atoms with van der Waals surface area (Å²) in [6, 6.07) is 23.5. The van der Waals surface area contributed by atoms with Crippen LogP contribution in [0.5, 0.6) is 0 Å². The average Bonchev–Trinajstić information content (AvgIpc) is 3.35. The monoisotopic (exact) mass is 629 g/mol. The predicted octanol–water partition coefficient (Wildman–Crippen LogP) is 3.61. The summed E-state index contributed by atoms with van der Waals surface area (Å²) in [5.74, 6) is -0.826. The van der Waals surface area contributed by atoms with Crippen LogP contribution in [-0.2, 0) is 48.3 Å². The van der Waals surface area contributed by atoms with Crippen LogP contribution < -0.4 is 5.32 Å². The highest BCUT2D eigenvalue weighted by Gasteiger charge is 2.40. The number of hydrogen-bond acceptors (Lipinski definition) is 9. The molecule has 46 heavy (non-hydrogen) atoms. The van der Waals surface area contributed by atoms with E-state index in [4.69, 9.17) is 18.9 Å². The van der Waals surface area contributed by atoms with E-state index in [1.54, 1.807) is 0 Å². The van der Waals surface area contributed by atoms with E-state index in [2.05, 4.69) is 10.2 Å². The number of carbonyl (C=O) groups excluding carboxylic acids is 3. The van der Waals surface area contributed by atoms with Crippen molar-refractivity contribution in [3.05, 3.63) is 107 Å². The average molecular weight is 630 g/mol. The number of aliphatic hydroxyl groups is 1. The van der Waals surface area contributed by atoms with Gasteiger partial charge in [-0.2, -0.15) is 0 Å². The second-order valence-electron chi connectivity index (χ2n) is 11.8. The lowest BCUT2D eigenvalue weighted by Crippen LogP contribution is -2.44. The van der Waals surface area contributed by atoms with Gasteiger partial charge >= 0.3 is 6.09 Å². The number of morpholine rings is 1. The van der Waals surface area contributed by atoms with Crippen molar-refractivity contribution in [2.75, 3.05) is 32.8 Å². The van der Waals surface area contributed by atoms with Crippen molar-refractivity contribution < 1.29 is 38.4 Å². The van der Waals surface area contributed by atoms with E-state index < -0.39 is 24.3 Å². The molecule has 3 amide bonds. The molecule has 3 aliphatic rings. The van der Waals surface area contributed by atoms with Crippen molar-refractivity contribution in [3.63, 3.8) is 0 Å². The van der Waals surface area contributed by atoms with Gasteiger partial charge in [-0.3, -0.25) is 19.4 Å². The van der Waals surface area contributed by atoms with Crippen molar-refractivity contribution in [3.8, 4) is 0 Å². The molecule has 0 aliphatic carbocycles. The number of hydrogen-bond donors (Lipinski definition) is 2. The van der Waals surface area contributed by atoms with E-state index in [-0.39, 0.29) is 44.3 Å². The predicted molar refractivity (Wildman–Crippen MR) is 166 cm³/mol. The summed E-state index contributed by atoms with van der Waals surface area (Å²) < 4.78 is 23.7. The van der Waals surface area contributed by atoms with Crippen LogP contribution >= 0.6 is 0 Å². The Kier molecular flexibility index (Phi) is 10.4. The summed E-state index contributed by atoms with van der Waals surface area (Å²) >= 11 is 0. The van der Waals surface area contributed by atoms with Crippen molar-refractivity contribution in [1.82, 2.24) is 15.1 Å². The molecular formula is C35H39N3O8. The molecule has 3 heterocycles. The number of imide groups is 1. The third-order valence-electron chi connectivity index (χ3n) is 8.52. The molecule has 2 N–H and O–H groups in total. The summed E-state index contributed by atoms with van der Waals surface area (Å²) in [5.41, 5.74) is 4.27. The first-order valence-electron chi connectivity index (χ1n) is 15.7. The van der Waals surface area contributed by atoms with Gasteiger partial charge < -0.3 is 29.4 Å². The number of nitrogens with zero attached hydrogens (tertiary/aromatic N) is 2. The molecule has 3 fully saturated rings. The number of ether oxygens (including phenoxy) is 4. The highest BCUT2D eigenvalue weighted by molar-refractivity contribution is 6.06. The summed E-state index contributed by atoms with van der Waals surface area (Å²) in [4.78, 5) is 41.6. The highest BCUT2D eigenvalue weighted by atomic mass is 16.7. The van der Waals surface area contributed by atoms with Gasteiger partial charge in [-0.05, 0) is 22.3 Å². The van der Waals surface area contributed by atoms with Crippen LogP contribution in [0.3, 0.4) is 0 Å². The number of likely N-dealkylation sites (tertiary alicyclic amines) is 1. The molecular weight excluding hydrogens is 590 g/mol. The van der Waals surface area contributed by atoms with Gasteiger partial charge in [-0.25, -0.2) is 4.79 Å². The van der Waals surface area contributed by atoms with Crippen LogP contribution in [-0.4, -0.2) is 77.8 Å². The fourth-order valence-electron chi connectivity index (χ4n) is 5.94. The first-order valence-corrected chi connectivity index (χ1v) is 15.7. The Hall–Kier alpha value is -4.13.